The highest BCUT2D eigenvalue weighted by Crippen LogP contribution is 2.32. The van der Waals surface area contributed by atoms with Crippen LogP contribution >= 0.6 is 0 Å². The van der Waals surface area contributed by atoms with Crippen LogP contribution in [0.15, 0.2) is 48.5 Å². The van der Waals surface area contributed by atoms with Crippen LogP contribution in [-0.2, 0) is 4.79 Å². The van der Waals surface area contributed by atoms with Gasteiger partial charge >= 0.3 is 0 Å². The molecule has 1 fully saturated rings. The van der Waals surface area contributed by atoms with E-state index >= 15 is 0 Å². The fourth-order valence-electron chi connectivity index (χ4n) is 3.40. The average Bonchev–Trinajstić information content (AvgIpc) is 2.73. The maximum atomic E-state index is 12.8. The van der Waals surface area contributed by atoms with Crippen molar-refractivity contribution >= 4 is 17.3 Å². The van der Waals surface area contributed by atoms with E-state index in [2.05, 4.69) is 0 Å². The Balaban J connectivity index is 1.40. The molecule has 0 aromatic heterocycles. The number of carbonyl (C=O) groups is 1. The highest BCUT2D eigenvalue weighted by molar-refractivity contribution is 5.82. The van der Waals surface area contributed by atoms with E-state index < -0.39 is 6.10 Å². The van der Waals surface area contributed by atoms with E-state index in [1.165, 1.54) is 6.07 Å². The topological polar surface area (TPSA) is 85.2 Å². The van der Waals surface area contributed by atoms with E-state index in [0.717, 1.165) is 0 Å². The number of nitro benzene ring substituents is 1. The monoisotopic (exact) mass is 369 g/mol. The van der Waals surface area contributed by atoms with E-state index in [1.807, 2.05) is 23.1 Å². The van der Waals surface area contributed by atoms with Gasteiger partial charge in [0.1, 0.15) is 12.3 Å². The van der Waals surface area contributed by atoms with Crippen LogP contribution in [0.2, 0.25) is 0 Å². The van der Waals surface area contributed by atoms with Gasteiger partial charge in [0.2, 0.25) is 6.10 Å². The van der Waals surface area contributed by atoms with Gasteiger partial charge in [0.15, 0.2) is 11.5 Å². The fraction of sp³-hybridized carbons (Fsp3) is 0.316. The zero-order valence-electron chi connectivity index (χ0n) is 14.6. The van der Waals surface area contributed by atoms with Crippen molar-refractivity contribution in [3.8, 4) is 11.5 Å². The molecule has 0 aliphatic carbocycles. The number of benzene rings is 2. The summed E-state index contributed by atoms with van der Waals surface area (Å²) in [6.45, 7) is 2.19. The Morgan fingerprint density at radius 2 is 1.67 bits per heavy atom. The molecule has 2 aliphatic heterocycles. The quantitative estimate of drug-likeness (QED) is 0.608. The van der Waals surface area contributed by atoms with Gasteiger partial charge in [0.05, 0.1) is 4.92 Å². The van der Waals surface area contributed by atoms with E-state index in [4.69, 9.17) is 9.47 Å². The van der Waals surface area contributed by atoms with Gasteiger partial charge in [0, 0.05) is 32.2 Å². The van der Waals surface area contributed by atoms with Crippen LogP contribution < -0.4 is 14.4 Å². The molecule has 0 radical (unpaired) electrons. The number of hydrogen-bond acceptors (Lipinski definition) is 6. The Kier molecular flexibility index (Phi) is 4.53. The minimum absolute atomic E-state index is 0.0814. The van der Waals surface area contributed by atoms with E-state index in [-0.39, 0.29) is 23.1 Å². The third kappa shape index (κ3) is 3.38. The van der Waals surface area contributed by atoms with Crippen LogP contribution in [0.25, 0.3) is 0 Å². The second kappa shape index (κ2) is 7.14. The lowest BCUT2D eigenvalue weighted by atomic mass is 10.2. The number of nitro groups is 1. The predicted molar refractivity (Wildman–Crippen MR) is 98.2 cm³/mol. The number of hydrogen-bond donors (Lipinski definition) is 0. The molecule has 2 aliphatic rings. The van der Waals surface area contributed by atoms with Crippen LogP contribution in [0.3, 0.4) is 0 Å². The summed E-state index contributed by atoms with van der Waals surface area (Å²) in [5.74, 6) is 1.09. The van der Waals surface area contributed by atoms with Crippen LogP contribution in [-0.4, -0.2) is 54.6 Å². The maximum Gasteiger partial charge on any atom is 0.292 e. The number of fused-ring (bicyclic) bond motifs is 1. The van der Waals surface area contributed by atoms with Gasteiger partial charge in [-0.1, -0.05) is 24.3 Å². The lowest BCUT2D eigenvalue weighted by Gasteiger charge is -2.37. The first kappa shape index (κ1) is 17.1. The predicted octanol–water partition coefficient (Wildman–Crippen LogP) is 2.08. The van der Waals surface area contributed by atoms with Gasteiger partial charge in [0.25, 0.3) is 11.6 Å². The number of carbonyl (C=O) groups excluding carboxylic acids is 1. The number of piperazine rings is 1. The summed E-state index contributed by atoms with van der Waals surface area (Å²) in [5.41, 5.74) is 0.665. The molecule has 2 aromatic rings. The number of para-hydroxylation sites is 4. The van der Waals surface area contributed by atoms with Crippen molar-refractivity contribution in [1.29, 1.82) is 0 Å². The molecule has 27 heavy (non-hydrogen) atoms. The van der Waals surface area contributed by atoms with Gasteiger partial charge in [-0.3, -0.25) is 14.9 Å². The zero-order chi connectivity index (χ0) is 18.8. The minimum atomic E-state index is -0.669. The summed E-state index contributed by atoms with van der Waals surface area (Å²) in [7, 11) is 0. The molecule has 140 valence electrons. The van der Waals surface area contributed by atoms with Crippen molar-refractivity contribution in [3.63, 3.8) is 0 Å². The smallest absolute Gasteiger partial charge is 0.292 e. The van der Waals surface area contributed by atoms with E-state index in [9.17, 15) is 14.9 Å². The number of rotatable bonds is 3. The molecule has 0 saturated carbocycles. The van der Waals surface area contributed by atoms with Crippen molar-refractivity contribution < 1.29 is 19.2 Å². The Morgan fingerprint density at radius 1 is 1.00 bits per heavy atom. The zero-order valence-corrected chi connectivity index (χ0v) is 14.6. The summed E-state index contributed by atoms with van der Waals surface area (Å²) >= 11 is 0. The molecule has 1 unspecified atom stereocenters. The van der Waals surface area contributed by atoms with Crippen molar-refractivity contribution in [3.05, 3.63) is 58.6 Å². The van der Waals surface area contributed by atoms with Gasteiger partial charge in [-0.05, 0) is 18.2 Å². The van der Waals surface area contributed by atoms with E-state index in [1.54, 1.807) is 29.2 Å². The molecule has 4 rings (SSSR count). The van der Waals surface area contributed by atoms with Crippen LogP contribution in [0.5, 0.6) is 11.5 Å². The maximum absolute atomic E-state index is 12.8. The van der Waals surface area contributed by atoms with Crippen molar-refractivity contribution in [1.82, 2.24) is 4.90 Å². The SMILES string of the molecule is O=C(C1COc2ccccc2O1)N1CCN(c2ccccc2[N+](=O)[O-])CC1. The second-order valence-corrected chi connectivity index (χ2v) is 6.42. The highest BCUT2D eigenvalue weighted by atomic mass is 16.6. The molecule has 2 heterocycles. The molecule has 0 spiro atoms. The highest BCUT2D eigenvalue weighted by Gasteiger charge is 2.33. The molecule has 0 bridgehead atoms. The minimum Gasteiger partial charge on any atom is -0.485 e. The second-order valence-electron chi connectivity index (χ2n) is 6.42. The standard InChI is InChI=1S/C19H19N3O5/c23-19(18-13-26-16-7-3-4-8-17(16)27-18)21-11-9-20(10-12-21)14-5-1-2-6-15(14)22(24)25/h1-8,18H,9-13H2. The molecule has 1 atom stereocenters. The average molecular weight is 369 g/mol. The van der Waals surface area contributed by atoms with Crippen molar-refractivity contribution in [2.24, 2.45) is 0 Å². The van der Waals surface area contributed by atoms with Crippen molar-refractivity contribution in [2.75, 3.05) is 37.7 Å². The normalized spacial score (nSPS) is 18.9. The molecule has 1 saturated heterocycles. The first-order valence-corrected chi connectivity index (χ1v) is 8.79. The number of amides is 1. The van der Waals surface area contributed by atoms with Crippen molar-refractivity contribution in [2.45, 2.75) is 6.10 Å². The number of nitrogens with zero attached hydrogens (tertiary/aromatic N) is 3. The third-order valence-corrected chi connectivity index (χ3v) is 4.79. The lowest BCUT2D eigenvalue weighted by Crippen LogP contribution is -2.54. The Hall–Kier alpha value is -3.29. The molecular weight excluding hydrogens is 350 g/mol. The Bertz CT molecular complexity index is 864. The van der Waals surface area contributed by atoms with Gasteiger partial charge in [-0.2, -0.15) is 0 Å². The summed E-state index contributed by atoms with van der Waals surface area (Å²) in [6, 6.07) is 13.9. The lowest BCUT2D eigenvalue weighted by molar-refractivity contribution is -0.384. The van der Waals surface area contributed by atoms with Crippen LogP contribution in [0.1, 0.15) is 0 Å². The summed E-state index contributed by atoms with van der Waals surface area (Å²) in [6.07, 6.45) is -0.669. The Labute approximate surface area is 156 Å². The Morgan fingerprint density at radius 3 is 2.41 bits per heavy atom. The van der Waals surface area contributed by atoms with Gasteiger partial charge in [-0.25, -0.2) is 0 Å². The summed E-state index contributed by atoms with van der Waals surface area (Å²) < 4.78 is 11.4. The largest absolute Gasteiger partial charge is 0.485 e. The molecule has 2 aromatic carbocycles. The van der Waals surface area contributed by atoms with E-state index in [0.29, 0.717) is 43.4 Å². The molecule has 0 N–H and O–H groups in total. The number of ether oxygens (including phenoxy) is 2. The number of anilines is 1. The van der Waals surface area contributed by atoms with Gasteiger partial charge in [-0.15, -0.1) is 0 Å². The van der Waals surface area contributed by atoms with Crippen LogP contribution in [0.4, 0.5) is 11.4 Å². The molecule has 8 nitrogen and oxygen atoms in total. The first-order valence-electron chi connectivity index (χ1n) is 8.79. The fourth-order valence-corrected chi connectivity index (χ4v) is 3.40. The summed E-state index contributed by atoms with van der Waals surface area (Å²) in [4.78, 5) is 27.3. The third-order valence-electron chi connectivity index (χ3n) is 4.79. The van der Waals surface area contributed by atoms with Crippen LogP contribution in [0, 0.1) is 10.1 Å². The van der Waals surface area contributed by atoms with Gasteiger partial charge < -0.3 is 19.3 Å². The first-order chi connectivity index (χ1) is 13.1. The molecule has 8 heteroatoms. The summed E-state index contributed by atoms with van der Waals surface area (Å²) in [5, 5.41) is 11.2. The molecule has 1 amide bonds. The molecular formula is C19H19N3O5.